The average Bonchev–Trinajstić information content (AvgIpc) is 2.70. The molecule has 4 N–H and O–H groups in total. The first kappa shape index (κ1) is 13.1. The van der Waals surface area contributed by atoms with E-state index in [4.69, 9.17) is 5.73 Å². The lowest BCUT2D eigenvalue weighted by molar-refractivity contribution is 0.378. The number of aromatic amines is 1. The molecule has 0 amide bonds. The van der Waals surface area contributed by atoms with Crippen molar-refractivity contribution in [3.63, 3.8) is 0 Å². The summed E-state index contributed by atoms with van der Waals surface area (Å²) in [5.74, 6) is 0. The standard InChI is InChI=1S/C9H18N4O2S/c1-3-9(2,5-6-10)13-16(14,15)8-4-7-11-12-8/h4,7,13H,3,5-6,10H2,1-2H3,(H,11,12). The monoisotopic (exact) mass is 246 g/mol. The molecular weight excluding hydrogens is 228 g/mol. The molecule has 1 aromatic rings. The van der Waals surface area contributed by atoms with E-state index in [1.807, 2.05) is 13.8 Å². The van der Waals surface area contributed by atoms with Crippen molar-refractivity contribution < 1.29 is 8.42 Å². The van der Waals surface area contributed by atoms with Crippen molar-refractivity contribution in [1.82, 2.24) is 14.9 Å². The van der Waals surface area contributed by atoms with Crippen LogP contribution in [0.3, 0.4) is 0 Å². The van der Waals surface area contributed by atoms with Gasteiger partial charge >= 0.3 is 0 Å². The second-order valence-electron chi connectivity index (χ2n) is 3.98. The minimum Gasteiger partial charge on any atom is -0.330 e. The molecule has 0 spiro atoms. The summed E-state index contributed by atoms with van der Waals surface area (Å²) in [5, 5.41) is 6.13. The predicted octanol–water partition coefficient (Wildman–Crippen LogP) is 0.206. The van der Waals surface area contributed by atoms with E-state index < -0.39 is 15.6 Å². The van der Waals surface area contributed by atoms with E-state index in [0.29, 0.717) is 19.4 Å². The van der Waals surface area contributed by atoms with Gasteiger partial charge in [0.1, 0.15) is 0 Å². The molecule has 0 radical (unpaired) electrons. The number of H-pyrrole nitrogens is 1. The largest absolute Gasteiger partial charge is 0.330 e. The van der Waals surface area contributed by atoms with Crippen LogP contribution >= 0.6 is 0 Å². The first-order valence-electron chi connectivity index (χ1n) is 5.17. The average molecular weight is 246 g/mol. The molecule has 0 aliphatic rings. The number of hydrogen-bond donors (Lipinski definition) is 3. The fourth-order valence-electron chi connectivity index (χ4n) is 1.39. The summed E-state index contributed by atoms with van der Waals surface area (Å²) in [5.41, 5.74) is 4.96. The van der Waals surface area contributed by atoms with Gasteiger partial charge < -0.3 is 5.73 Å². The third kappa shape index (κ3) is 3.03. The zero-order valence-electron chi connectivity index (χ0n) is 9.53. The second kappa shape index (κ2) is 4.94. The maximum atomic E-state index is 11.9. The highest BCUT2D eigenvalue weighted by molar-refractivity contribution is 7.89. The molecule has 0 aliphatic heterocycles. The van der Waals surface area contributed by atoms with Crippen molar-refractivity contribution >= 4 is 10.0 Å². The normalized spacial score (nSPS) is 15.9. The van der Waals surface area contributed by atoms with Gasteiger partial charge in [0.25, 0.3) is 10.0 Å². The lowest BCUT2D eigenvalue weighted by Gasteiger charge is -2.28. The zero-order valence-corrected chi connectivity index (χ0v) is 10.3. The Morgan fingerprint density at radius 3 is 2.75 bits per heavy atom. The Morgan fingerprint density at radius 1 is 1.62 bits per heavy atom. The number of hydrogen-bond acceptors (Lipinski definition) is 4. The van der Waals surface area contributed by atoms with Crippen molar-refractivity contribution in [1.29, 1.82) is 0 Å². The number of nitrogens with zero attached hydrogens (tertiary/aromatic N) is 1. The van der Waals surface area contributed by atoms with E-state index in [2.05, 4.69) is 14.9 Å². The number of rotatable bonds is 6. The van der Waals surface area contributed by atoms with Gasteiger partial charge in [0.2, 0.25) is 0 Å². The van der Waals surface area contributed by atoms with Crippen LogP contribution in [-0.2, 0) is 10.0 Å². The summed E-state index contributed by atoms with van der Waals surface area (Å²) in [6, 6.07) is 1.42. The van der Waals surface area contributed by atoms with Crippen LogP contribution < -0.4 is 10.5 Å². The van der Waals surface area contributed by atoms with Crippen molar-refractivity contribution in [3.8, 4) is 0 Å². The zero-order chi connectivity index (χ0) is 12.2. The molecule has 1 heterocycles. The Kier molecular flexibility index (Phi) is 4.06. The molecule has 0 saturated carbocycles. The number of nitrogens with two attached hydrogens (primary N) is 1. The molecule has 1 unspecified atom stereocenters. The fourth-order valence-corrected chi connectivity index (χ4v) is 2.81. The summed E-state index contributed by atoms with van der Waals surface area (Å²) in [4.78, 5) is 0. The van der Waals surface area contributed by atoms with Gasteiger partial charge in [-0.05, 0) is 32.4 Å². The summed E-state index contributed by atoms with van der Waals surface area (Å²) < 4.78 is 26.5. The van der Waals surface area contributed by atoms with E-state index >= 15 is 0 Å². The minimum absolute atomic E-state index is 0.0733. The number of aromatic nitrogens is 2. The number of sulfonamides is 1. The summed E-state index contributed by atoms with van der Waals surface area (Å²) >= 11 is 0. The summed E-state index contributed by atoms with van der Waals surface area (Å²) in [6.45, 7) is 4.20. The molecule has 0 bridgehead atoms. The maximum absolute atomic E-state index is 11.9. The number of nitrogens with one attached hydrogen (secondary N) is 2. The molecule has 0 aromatic carbocycles. The van der Waals surface area contributed by atoms with Crippen molar-refractivity contribution in [2.75, 3.05) is 6.54 Å². The van der Waals surface area contributed by atoms with Crippen LogP contribution in [0.5, 0.6) is 0 Å². The van der Waals surface area contributed by atoms with Crippen LogP contribution in [0.2, 0.25) is 0 Å². The topological polar surface area (TPSA) is 101 Å². The van der Waals surface area contributed by atoms with Gasteiger partial charge in [0, 0.05) is 5.54 Å². The van der Waals surface area contributed by atoms with E-state index in [9.17, 15) is 8.42 Å². The van der Waals surface area contributed by atoms with Crippen LogP contribution in [-0.4, -0.2) is 30.7 Å². The highest BCUT2D eigenvalue weighted by Gasteiger charge is 2.28. The molecule has 92 valence electrons. The minimum atomic E-state index is -3.53. The smallest absolute Gasteiger partial charge is 0.257 e. The quantitative estimate of drug-likeness (QED) is 0.667. The Morgan fingerprint density at radius 2 is 2.31 bits per heavy atom. The fraction of sp³-hybridized carbons (Fsp3) is 0.667. The van der Waals surface area contributed by atoms with Crippen LogP contribution in [0.4, 0.5) is 0 Å². The van der Waals surface area contributed by atoms with Crippen molar-refractivity contribution in [3.05, 3.63) is 12.3 Å². The van der Waals surface area contributed by atoms with Gasteiger partial charge in [-0.3, -0.25) is 5.10 Å². The van der Waals surface area contributed by atoms with Crippen LogP contribution in [0.1, 0.15) is 26.7 Å². The van der Waals surface area contributed by atoms with Crippen molar-refractivity contribution in [2.45, 2.75) is 37.3 Å². The molecule has 16 heavy (non-hydrogen) atoms. The molecule has 7 heteroatoms. The highest BCUT2D eigenvalue weighted by atomic mass is 32.2. The van der Waals surface area contributed by atoms with E-state index in [-0.39, 0.29) is 5.03 Å². The molecule has 1 atom stereocenters. The lowest BCUT2D eigenvalue weighted by atomic mass is 9.96. The first-order chi connectivity index (χ1) is 7.43. The Hall–Kier alpha value is -0.920. The molecule has 1 aromatic heterocycles. The van der Waals surface area contributed by atoms with Gasteiger partial charge in [-0.15, -0.1) is 0 Å². The molecule has 0 saturated heterocycles. The molecule has 0 aliphatic carbocycles. The first-order valence-corrected chi connectivity index (χ1v) is 6.65. The third-order valence-corrected chi connectivity index (χ3v) is 4.19. The Balaban J connectivity index is 2.87. The van der Waals surface area contributed by atoms with Gasteiger partial charge in [0.15, 0.2) is 5.03 Å². The Labute approximate surface area is 95.7 Å². The van der Waals surface area contributed by atoms with Gasteiger partial charge in [-0.1, -0.05) is 6.92 Å². The van der Waals surface area contributed by atoms with Crippen molar-refractivity contribution in [2.24, 2.45) is 5.73 Å². The third-order valence-electron chi connectivity index (χ3n) is 2.62. The van der Waals surface area contributed by atoms with E-state index in [1.165, 1.54) is 12.3 Å². The van der Waals surface area contributed by atoms with Gasteiger partial charge in [-0.2, -0.15) is 5.10 Å². The summed E-state index contributed by atoms with van der Waals surface area (Å²) in [6.07, 6.45) is 2.68. The van der Waals surface area contributed by atoms with Gasteiger partial charge in [0.05, 0.1) is 6.20 Å². The lowest BCUT2D eigenvalue weighted by Crippen LogP contribution is -2.46. The van der Waals surface area contributed by atoms with Crippen LogP contribution in [0, 0.1) is 0 Å². The molecular formula is C9H18N4O2S. The van der Waals surface area contributed by atoms with Crippen LogP contribution in [0.15, 0.2) is 17.3 Å². The van der Waals surface area contributed by atoms with E-state index in [1.54, 1.807) is 0 Å². The second-order valence-corrected chi connectivity index (χ2v) is 5.63. The SMILES string of the molecule is CCC(C)(CCN)NS(=O)(=O)c1ccn[nH]1. The molecule has 0 fully saturated rings. The molecule has 1 rings (SSSR count). The maximum Gasteiger partial charge on any atom is 0.257 e. The Bertz CT molecular complexity index is 415. The highest BCUT2D eigenvalue weighted by Crippen LogP contribution is 2.17. The van der Waals surface area contributed by atoms with Crippen LogP contribution in [0.25, 0.3) is 0 Å². The van der Waals surface area contributed by atoms with E-state index in [0.717, 1.165) is 0 Å². The predicted molar refractivity (Wildman–Crippen MR) is 61.3 cm³/mol. The van der Waals surface area contributed by atoms with Gasteiger partial charge in [-0.25, -0.2) is 13.1 Å². The molecule has 6 nitrogen and oxygen atoms in total. The summed E-state index contributed by atoms with van der Waals surface area (Å²) in [7, 11) is -3.53.